The molecule has 2 heterocycles. The minimum Gasteiger partial charge on any atom is -0.474 e. The van der Waals surface area contributed by atoms with Crippen molar-refractivity contribution in [3.63, 3.8) is 0 Å². The summed E-state index contributed by atoms with van der Waals surface area (Å²) >= 11 is 6.44. The maximum absolute atomic E-state index is 13.7. The molecule has 2 aromatic carbocycles. The van der Waals surface area contributed by atoms with Crippen molar-refractivity contribution in [1.82, 2.24) is 14.5 Å². The second-order valence-electron chi connectivity index (χ2n) is 8.85. The fourth-order valence-corrected chi connectivity index (χ4v) is 5.13. The van der Waals surface area contributed by atoms with E-state index in [0.717, 1.165) is 48.5 Å². The van der Waals surface area contributed by atoms with Crippen LogP contribution in [0, 0.1) is 5.92 Å². The number of benzene rings is 2. The van der Waals surface area contributed by atoms with Gasteiger partial charge in [-0.3, -0.25) is 9.47 Å². The largest absolute Gasteiger partial charge is 0.474 e. The van der Waals surface area contributed by atoms with Gasteiger partial charge in [-0.25, -0.2) is 9.37 Å². The van der Waals surface area contributed by atoms with Gasteiger partial charge in [0.25, 0.3) is 0 Å². The van der Waals surface area contributed by atoms with Crippen LogP contribution in [0.3, 0.4) is 0 Å². The molecular formula is C25H29ClFN3O. The van der Waals surface area contributed by atoms with E-state index in [2.05, 4.69) is 28.1 Å². The molecule has 3 aromatic rings. The van der Waals surface area contributed by atoms with Gasteiger partial charge in [0.15, 0.2) is 12.4 Å². The van der Waals surface area contributed by atoms with Crippen LogP contribution in [0.4, 0.5) is 4.39 Å². The topological polar surface area (TPSA) is 30.3 Å². The molecule has 6 heteroatoms. The van der Waals surface area contributed by atoms with Gasteiger partial charge < -0.3 is 4.74 Å². The predicted octanol–water partition coefficient (Wildman–Crippen LogP) is 6.09. The number of halogens is 2. The normalized spacial score (nSPS) is 19.4. The van der Waals surface area contributed by atoms with E-state index in [1.165, 1.54) is 24.8 Å². The Bertz CT molecular complexity index is 1030. The van der Waals surface area contributed by atoms with Crippen molar-refractivity contribution in [3.8, 4) is 5.75 Å². The highest BCUT2D eigenvalue weighted by Gasteiger charge is 2.27. The zero-order chi connectivity index (χ0) is 21.2. The molecular weight excluding hydrogens is 413 g/mol. The van der Waals surface area contributed by atoms with Crippen molar-refractivity contribution >= 4 is 22.6 Å². The van der Waals surface area contributed by atoms with E-state index in [0.29, 0.717) is 18.4 Å². The Kier molecular flexibility index (Phi) is 6.15. The molecule has 4 nitrogen and oxygen atoms in total. The first kappa shape index (κ1) is 20.8. The van der Waals surface area contributed by atoms with Crippen molar-refractivity contribution in [2.75, 3.05) is 13.1 Å². The summed E-state index contributed by atoms with van der Waals surface area (Å²) in [5.41, 5.74) is 2.83. The van der Waals surface area contributed by atoms with Crippen LogP contribution in [0.5, 0.6) is 5.75 Å². The lowest BCUT2D eigenvalue weighted by molar-refractivity contribution is 0.146. The van der Waals surface area contributed by atoms with Crippen LogP contribution in [-0.2, 0) is 13.3 Å². The number of rotatable bonds is 7. The molecule has 2 fully saturated rings. The van der Waals surface area contributed by atoms with Gasteiger partial charge in [0.1, 0.15) is 11.6 Å². The number of hydrogen-bond donors (Lipinski definition) is 0. The van der Waals surface area contributed by atoms with E-state index in [-0.39, 0.29) is 5.56 Å². The maximum atomic E-state index is 13.7. The summed E-state index contributed by atoms with van der Waals surface area (Å²) in [5, 5.41) is 0. The van der Waals surface area contributed by atoms with Gasteiger partial charge in [0, 0.05) is 5.92 Å². The fraction of sp³-hybridized carbons (Fsp3) is 0.480. The van der Waals surface area contributed by atoms with Gasteiger partial charge in [-0.15, -0.1) is 0 Å². The Morgan fingerprint density at radius 2 is 1.87 bits per heavy atom. The lowest BCUT2D eigenvalue weighted by Gasteiger charge is -2.32. The molecule has 5 rings (SSSR count). The first-order valence-electron chi connectivity index (χ1n) is 11.3. The smallest absolute Gasteiger partial charge is 0.175 e. The second kappa shape index (κ2) is 9.17. The number of hydrogen-bond acceptors (Lipinski definition) is 3. The minimum absolute atomic E-state index is 0.222. The van der Waals surface area contributed by atoms with Crippen molar-refractivity contribution in [1.29, 1.82) is 0 Å². The first-order valence-corrected chi connectivity index (χ1v) is 11.8. The summed E-state index contributed by atoms with van der Waals surface area (Å²) in [4.78, 5) is 7.06. The van der Waals surface area contributed by atoms with Crippen LogP contribution in [0.1, 0.15) is 49.4 Å². The summed E-state index contributed by atoms with van der Waals surface area (Å²) < 4.78 is 21.4. The molecule has 1 atom stereocenters. The number of nitrogens with zero attached hydrogens (tertiary/aromatic N) is 3. The number of fused-ring (bicyclic) bond motifs is 1. The van der Waals surface area contributed by atoms with Crippen molar-refractivity contribution < 1.29 is 9.13 Å². The monoisotopic (exact) mass is 441 g/mol. The molecule has 2 aliphatic rings. The molecule has 164 valence electrons. The average molecular weight is 442 g/mol. The van der Waals surface area contributed by atoms with E-state index in [4.69, 9.17) is 16.3 Å². The Morgan fingerprint density at radius 1 is 1.06 bits per heavy atom. The molecule has 1 saturated carbocycles. The highest BCUT2D eigenvalue weighted by molar-refractivity contribution is 6.20. The number of alkyl halides is 2. The van der Waals surface area contributed by atoms with Gasteiger partial charge in [0.05, 0.1) is 17.6 Å². The lowest BCUT2D eigenvalue weighted by atomic mass is 9.86. The van der Waals surface area contributed by atoms with E-state index in [9.17, 15) is 4.39 Å². The quantitative estimate of drug-likeness (QED) is 0.416. The summed E-state index contributed by atoms with van der Waals surface area (Å²) in [5.74, 6) is 2.68. The molecule has 1 unspecified atom stereocenters. The molecule has 1 aromatic heterocycles. The van der Waals surface area contributed by atoms with E-state index in [1.54, 1.807) is 4.57 Å². The second-order valence-corrected chi connectivity index (χ2v) is 9.28. The molecule has 0 spiro atoms. The molecule has 0 N–H and O–H groups in total. The average Bonchev–Trinajstić information content (AvgIpc) is 3.10. The third kappa shape index (κ3) is 4.44. The number of aromatic nitrogens is 2. The number of para-hydroxylation sites is 2. The maximum Gasteiger partial charge on any atom is 0.175 e. The summed E-state index contributed by atoms with van der Waals surface area (Å²) in [7, 11) is 0. The third-order valence-corrected chi connectivity index (χ3v) is 7.35. The number of ether oxygens (including phenoxy) is 1. The number of likely N-dealkylation sites (tertiary alicyclic amines) is 1. The highest BCUT2D eigenvalue weighted by atomic mass is 35.5. The molecule has 0 bridgehead atoms. The fourth-order valence-electron chi connectivity index (χ4n) is 4.77. The number of piperidine rings is 1. The van der Waals surface area contributed by atoms with E-state index >= 15 is 0 Å². The Balaban J connectivity index is 1.20. The Hall–Kier alpha value is -2.11. The molecule has 1 aliphatic heterocycles. The van der Waals surface area contributed by atoms with Crippen molar-refractivity contribution in [3.05, 3.63) is 59.9 Å². The van der Waals surface area contributed by atoms with Crippen LogP contribution in [0.2, 0.25) is 0 Å². The summed E-state index contributed by atoms with van der Waals surface area (Å²) in [6.07, 6.45) is 5.75. The van der Waals surface area contributed by atoms with Crippen LogP contribution >= 0.6 is 11.6 Å². The van der Waals surface area contributed by atoms with Gasteiger partial charge in [-0.1, -0.05) is 42.3 Å². The molecule has 31 heavy (non-hydrogen) atoms. The molecule has 0 amide bonds. The SMILES string of the molecule is FCn1c(CN2CCC(c3cccc(OC(Cl)C4CCC4)c3)CC2)nc2ccccc21. The van der Waals surface area contributed by atoms with Gasteiger partial charge in [0.2, 0.25) is 0 Å². The zero-order valence-corrected chi connectivity index (χ0v) is 18.5. The lowest BCUT2D eigenvalue weighted by Crippen LogP contribution is -2.33. The highest BCUT2D eigenvalue weighted by Crippen LogP contribution is 2.35. The number of imidazole rings is 1. The predicted molar refractivity (Wildman–Crippen MR) is 122 cm³/mol. The first-order chi connectivity index (χ1) is 15.2. The summed E-state index contributed by atoms with van der Waals surface area (Å²) in [6, 6.07) is 16.2. The van der Waals surface area contributed by atoms with Crippen LogP contribution in [-0.4, -0.2) is 33.1 Å². The Labute approximate surface area is 188 Å². The molecule has 0 radical (unpaired) electrons. The van der Waals surface area contributed by atoms with Crippen LogP contribution in [0.15, 0.2) is 48.5 Å². The van der Waals surface area contributed by atoms with Gasteiger partial charge >= 0.3 is 0 Å². The third-order valence-electron chi connectivity index (χ3n) is 6.90. The van der Waals surface area contributed by atoms with Crippen LogP contribution in [0.25, 0.3) is 11.0 Å². The van der Waals surface area contributed by atoms with Crippen LogP contribution < -0.4 is 4.74 Å². The molecule has 1 aliphatic carbocycles. The van der Waals surface area contributed by atoms with Crippen molar-refractivity contribution in [2.45, 2.75) is 56.9 Å². The molecule has 1 saturated heterocycles. The van der Waals surface area contributed by atoms with E-state index in [1.807, 2.05) is 30.3 Å². The Morgan fingerprint density at radius 3 is 2.61 bits per heavy atom. The zero-order valence-electron chi connectivity index (χ0n) is 17.7. The summed E-state index contributed by atoms with van der Waals surface area (Å²) in [6.45, 7) is 2.10. The minimum atomic E-state index is -0.540. The standard InChI is InChI=1S/C25H29ClFN3O/c26-25(19-5-3-6-19)31-21-8-4-7-20(15-21)18-11-13-29(14-12-18)16-24-28-22-9-1-2-10-23(22)30(24)17-27/h1-2,4,7-10,15,18-19,25H,3,5-6,11-14,16-17H2. The van der Waals surface area contributed by atoms with Gasteiger partial charge in [-0.2, -0.15) is 0 Å². The van der Waals surface area contributed by atoms with E-state index < -0.39 is 6.80 Å². The van der Waals surface area contributed by atoms with Gasteiger partial charge in [-0.05, 0) is 74.5 Å². The van der Waals surface area contributed by atoms with Crippen molar-refractivity contribution in [2.24, 2.45) is 5.92 Å².